The molecule has 0 aromatic heterocycles. The molecule has 1 heterocycles. The maximum Gasteiger partial charge on any atom is 0.325 e. The van der Waals surface area contributed by atoms with Crippen LogP contribution in [0.1, 0.15) is 24.5 Å². The molecule has 1 aliphatic rings. The Morgan fingerprint density at radius 1 is 1.07 bits per heavy atom. The topological polar surface area (TPSA) is 67.9 Å². The first kappa shape index (κ1) is 20.2. The normalized spacial score (nSPS) is 18.9. The number of halogens is 1. The summed E-state index contributed by atoms with van der Waals surface area (Å²) < 4.78 is 11.4. The summed E-state index contributed by atoms with van der Waals surface area (Å²) in [6.07, 6.45) is 1.18. The van der Waals surface area contributed by atoms with E-state index in [1.807, 2.05) is 36.4 Å². The van der Waals surface area contributed by atoms with Crippen molar-refractivity contribution in [3.8, 4) is 11.5 Å². The highest BCUT2D eigenvalue weighted by atomic mass is 79.9. The van der Waals surface area contributed by atoms with E-state index >= 15 is 0 Å². The third-order valence-corrected chi connectivity index (χ3v) is 5.48. The van der Waals surface area contributed by atoms with Gasteiger partial charge in [0, 0.05) is 10.0 Å². The van der Waals surface area contributed by atoms with Gasteiger partial charge in [-0.3, -0.25) is 9.69 Å². The van der Waals surface area contributed by atoms with E-state index in [-0.39, 0.29) is 18.5 Å². The van der Waals surface area contributed by atoms with Crippen molar-refractivity contribution in [2.24, 2.45) is 0 Å². The molecule has 7 heteroatoms. The van der Waals surface area contributed by atoms with Crippen molar-refractivity contribution < 1.29 is 19.1 Å². The predicted molar refractivity (Wildman–Crippen MR) is 109 cm³/mol. The highest BCUT2D eigenvalue weighted by molar-refractivity contribution is 9.10. The summed E-state index contributed by atoms with van der Waals surface area (Å²) in [4.78, 5) is 26.8. The molecule has 1 aliphatic heterocycles. The van der Waals surface area contributed by atoms with Crippen molar-refractivity contribution in [2.45, 2.75) is 31.8 Å². The minimum Gasteiger partial charge on any atom is -0.497 e. The number of imide groups is 1. The van der Waals surface area contributed by atoms with Gasteiger partial charge in [-0.1, -0.05) is 28.1 Å². The predicted octanol–water partition coefficient (Wildman–Crippen LogP) is 3.91. The van der Waals surface area contributed by atoms with Crippen molar-refractivity contribution >= 4 is 27.9 Å². The molecule has 1 N–H and O–H groups in total. The number of carbonyl (C=O) groups is 2. The molecule has 1 unspecified atom stereocenters. The number of aryl methyl sites for hydroxylation is 1. The fourth-order valence-electron chi connectivity index (χ4n) is 3.29. The Morgan fingerprint density at radius 3 is 2.43 bits per heavy atom. The number of nitrogens with one attached hydrogen (secondary N) is 1. The average molecular weight is 447 g/mol. The van der Waals surface area contributed by atoms with Crippen LogP contribution in [0.2, 0.25) is 0 Å². The van der Waals surface area contributed by atoms with Crippen LogP contribution in [0.3, 0.4) is 0 Å². The standard InChI is InChI=1S/C21H23BrN2O4/c1-21(11-10-14-4-7-17(27-2)8-5-14)19(25)24(20(26)23-21)13-15-12-16(22)6-9-18(15)28-3/h4-9,12H,10-11,13H2,1-3H3,(H,23,26). The van der Waals surface area contributed by atoms with Gasteiger partial charge in [-0.05, 0) is 55.7 Å². The van der Waals surface area contributed by atoms with Crippen LogP contribution in [0.15, 0.2) is 46.9 Å². The first-order chi connectivity index (χ1) is 13.4. The fraction of sp³-hybridized carbons (Fsp3) is 0.333. The van der Waals surface area contributed by atoms with E-state index in [0.717, 1.165) is 21.3 Å². The van der Waals surface area contributed by atoms with Crippen LogP contribution < -0.4 is 14.8 Å². The molecule has 1 atom stereocenters. The van der Waals surface area contributed by atoms with Gasteiger partial charge in [-0.25, -0.2) is 4.79 Å². The number of carbonyl (C=O) groups excluding carboxylic acids is 2. The molecule has 0 bridgehead atoms. The van der Waals surface area contributed by atoms with Gasteiger partial charge in [-0.15, -0.1) is 0 Å². The van der Waals surface area contributed by atoms with Gasteiger partial charge >= 0.3 is 6.03 Å². The zero-order valence-corrected chi connectivity index (χ0v) is 17.7. The number of hydrogen-bond donors (Lipinski definition) is 1. The summed E-state index contributed by atoms with van der Waals surface area (Å²) in [5.41, 5.74) is 0.909. The number of methoxy groups -OCH3 is 2. The molecule has 0 saturated carbocycles. The number of rotatable bonds is 7. The lowest BCUT2D eigenvalue weighted by Gasteiger charge is -2.22. The Balaban J connectivity index is 1.72. The molecular formula is C21H23BrN2O4. The molecule has 28 heavy (non-hydrogen) atoms. The van der Waals surface area contributed by atoms with E-state index in [1.54, 1.807) is 27.2 Å². The van der Waals surface area contributed by atoms with E-state index in [2.05, 4.69) is 21.2 Å². The quantitative estimate of drug-likeness (QED) is 0.654. The number of amides is 3. The summed E-state index contributed by atoms with van der Waals surface area (Å²) in [5.74, 6) is 1.19. The summed E-state index contributed by atoms with van der Waals surface area (Å²) >= 11 is 3.42. The van der Waals surface area contributed by atoms with Gasteiger partial charge in [0.05, 0.1) is 20.8 Å². The Morgan fingerprint density at radius 2 is 1.79 bits per heavy atom. The Kier molecular flexibility index (Phi) is 5.93. The van der Waals surface area contributed by atoms with Crippen LogP contribution in [0.25, 0.3) is 0 Å². The van der Waals surface area contributed by atoms with Crippen LogP contribution in [-0.2, 0) is 17.8 Å². The van der Waals surface area contributed by atoms with E-state index in [9.17, 15) is 9.59 Å². The minimum atomic E-state index is -0.934. The van der Waals surface area contributed by atoms with Crippen molar-refractivity contribution in [2.75, 3.05) is 14.2 Å². The second-order valence-corrected chi connectivity index (χ2v) is 7.87. The van der Waals surface area contributed by atoms with Crippen molar-refractivity contribution in [3.05, 3.63) is 58.1 Å². The minimum absolute atomic E-state index is 0.158. The second kappa shape index (κ2) is 8.22. The lowest BCUT2D eigenvalue weighted by atomic mass is 9.93. The van der Waals surface area contributed by atoms with Crippen molar-refractivity contribution in [3.63, 3.8) is 0 Å². The molecule has 0 radical (unpaired) electrons. The number of hydrogen-bond acceptors (Lipinski definition) is 4. The number of ether oxygens (including phenoxy) is 2. The lowest BCUT2D eigenvalue weighted by molar-refractivity contribution is -0.131. The summed E-state index contributed by atoms with van der Waals surface area (Å²) in [6, 6.07) is 12.8. The summed E-state index contributed by atoms with van der Waals surface area (Å²) in [6.45, 7) is 1.93. The first-order valence-corrected chi connectivity index (χ1v) is 9.75. The maximum absolute atomic E-state index is 13.0. The Bertz CT molecular complexity index is 884. The van der Waals surface area contributed by atoms with Crippen LogP contribution in [0.5, 0.6) is 11.5 Å². The Hall–Kier alpha value is -2.54. The third kappa shape index (κ3) is 4.14. The molecule has 2 aromatic rings. The monoisotopic (exact) mass is 446 g/mol. The summed E-state index contributed by atoms with van der Waals surface area (Å²) in [5, 5.41) is 2.86. The molecule has 2 aromatic carbocycles. The van der Waals surface area contributed by atoms with Gasteiger partial charge in [0.15, 0.2) is 0 Å². The number of urea groups is 1. The zero-order valence-electron chi connectivity index (χ0n) is 16.1. The fourth-order valence-corrected chi connectivity index (χ4v) is 3.70. The van der Waals surface area contributed by atoms with Crippen LogP contribution in [0.4, 0.5) is 4.79 Å². The number of benzene rings is 2. The molecule has 148 valence electrons. The van der Waals surface area contributed by atoms with Crippen LogP contribution in [-0.4, -0.2) is 36.6 Å². The van der Waals surface area contributed by atoms with E-state index < -0.39 is 5.54 Å². The highest BCUT2D eigenvalue weighted by Crippen LogP contribution is 2.29. The van der Waals surface area contributed by atoms with E-state index in [1.165, 1.54) is 4.90 Å². The maximum atomic E-state index is 13.0. The van der Waals surface area contributed by atoms with Gasteiger partial charge < -0.3 is 14.8 Å². The molecule has 3 rings (SSSR count). The largest absolute Gasteiger partial charge is 0.497 e. The van der Waals surface area contributed by atoms with Crippen LogP contribution >= 0.6 is 15.9 Å². The van der Waals surface area contributed by atoms with Gasteiger partial charge in [0.1, 0.15) is 17.0 Å². The van der Waals surface area contributed by atoms with Gasteiger partial charge in [-0.2, -0.15) is 0 Å². The van der Waals surface area contributed by atoms with Crippen LogP contribution in [0, 0.1) is 0 Å². The Labute approximate surface area is 172 Å². The smallest absolute Gasteiger partial charge is 0.325 e. The summed E-state index contributed by atoms with van der Waals surface area (Å²) in [7, 11) is 3.19. The molecule has 1 fully saturated rings. The molecule has 3 amide bonds. The molecule has 0 aliphatic carbocycles. The number of nitrogens with zero attached hydrogens (tertiary/aromatic N) is 1. The average Bonchev–Trinajstić information content (AvgIpc) is 2.90. The third-order valence-electron chi connectivity index (χ3n) is 4.99. The first-order valence-electron chi connectivity index (χ1n) is 8.96. The molecule has 1 saturated heterocycles. The molecule has 6 nitrogen and oxygen atoms in total. The SMILES string of the molecule is COc1ccc(CCC2(C)NC(=O)N(Cc3cc(Br)ccc3OC)C2=O)cc1. The lowest BCUT2D eigenvalue weighted by Crippen LogP contribution is -2.44. The molecule has 0 spiro atoms. The van der Waals surface area contributed by atoms with E-state index in [4.69, 9.17) is 9.47 Å². The van der Waals surface area contributed by atoms with Crippen molar-refractivity contribution in [1.82, 2.24) is 10.2 Å². The zero-order chi connectivity index (χ0) is 20.3. The van der Waals surface area contributed by atoms with Gasteiger partial charge in [0.25, 0.3) is 5.91 Å². The highest BCUT2D eigenvalue weighted by Gasteiger charge is 2.47. The second-order valence-electron chi connectivity index (χ2n) is 6.96. The van der Waals surface area contributed by atoms with E-state index in [0.29, 0.717) is 18.6 Å². The van der Waals surface area contributed by atoms with Gasteiger partial charge in [0.2, 0.25) is 0 Å². The molecular weight excluding hydrogens is 424 g/mol. The van der Waals surface area contributed by atoms with Crippen molar-refractivity contribution in [1.29, 1.82) is 0 Å².